The maximum absolute atomic E-state index is 5.27. The lowest BCUT2D eigenvalue weighted by Crippen LogP contribution is -1.96. The smallest absolute Gasteiger partial charge is 0.180 e. The predicted molar refractivity (Wildman–Crippen MR) is 48.2 cm³/mol. The van der Waals surface area contributed by atoms with Gasteiger partial charge >= 0.3 is 0 Å². The molecule has 1 aromatic carbocycles. The zero-order chi connectivity index (χ0) is 8.39. The van der Waals surface area contributed by atoms with Gasteiger partial charge in [-0.3, -0.25) is 0 Å². The Morgan fingerprint density at radius 1 is 1.33 bits per heavy atom. The average Bonchev–Trinajstić information content (AvgIpc) is 2.54. The minimum Gasteiger partial charge on any atom is -0.479 e. The number of ether oxygens (including phenoxy) is 1. The molecule has 0 amide bonds. The predicted octanol–water partition coefficient (Wildman–Crippen LogP) is 2.18. The molecular weight excluding hydrogens is 150 g/mol. The molecule has 0 saturated carbocycles. The largest absolute Gasteiger partial charge is 0.479 e. The van der Waals surface area contributed by atoms with Crippen molar-refractivity contribution >= 4 is 5.90 Å². The van der Waals surface area contributed by atoms with Gasteiger partial charge in [-0.2, -0.15) is 0 Å². The molecule has 2 heteroatoms. The first-order valence-corrected chi connectivity index (χ1v) is 4.08. The van der Waals surface area contributed by atoms with E-state index in [1.807, 2.05) is 25.1 Å². The third-order valence-electron chi connectivity index (χ3n) is 1.97. The fourth-order valence-electron chi connectivity index (χ4n) is 1.34. The Bertz CT molecular complexity index is 292. The summed E-state index contributed by atoms with van der Waals surface area (Å²) < 4.78 is 5.27. The van der Waals surface area contributed by atoms with Crippen LogP contribution < -0.4 is 0 Å². The molecule has 0 fully saturated rings. The van der Waals surface area contributed by atoms with Crippen molar-refractivity contribution in [3.63, 3.8) is 0 Å². The fourth-order valence-corrected chi connectivity index (χ4v) is 1.34. The number of aliphatic imine (C=N–C) groups is 1. The highest BCUT2D eigenvalue weighted by Gasteiger charge is 2.16. The van der Waals surface area contributed by atoms with Crippen LogP contribution in [0.1, 0.15) is 18.5 Å². The molecule has 1 aliphatic rings. The van der Waals surface area contributed by atoms with Crippen molar-refractivity contribution in [2.45, 2.75) is 13.0 Å². The molecule has 0 bridgehead atoms. The second-order valence-corrected chi connectivity index (χ2v) is 2.89. The molecule has 2 rings (SSSR count). The second-order valence-electron chi connectivity index (χ2n) is 2.89. The van der Waals surface area contributed by atoms with Gasteiger partial charge in [0, 0.05) is 6.92 Å². The molecular formula is C10H11NO. The van der Waals surface area contributed by atoms with E-state index in [0.29, 0.717) is 6.61 Å². The lowest BCUT2D eigenvalue weighted by Gasteiger charge is -2.03. The Balaban J connectivity index is 2.22. The molecule has 0 aliphatic carbocycles. The van der Waals surface area contributed by atoms with Crippen molar-refractivity contribution in [2.75, 3.05) is 6.61 Å². The third kappa shape index (κ3) is 1.33. The summed E-state index contributed by atoms with van der Waals surface area (Å²) in [5, 5.41) is 0. The van der Waals surface area contributed by atoms with E-state index in [0.717, 1.165) is 5.90 Å². The Hall–Kier alpha value is -1.31. The molecule has 0 unspecified atom stereocenters. The number of hydrogen-bond acceptors (Lipinski definition) is 2. The summed E-state index contributed by atoms with van der Waals surface area (Å²) in [5.74, 6) is 0.795. The van der Waals surface area contributed by atoms with Crippen LogP contribution in [0.2, 0.25) is 0 Å². The molecule has 1 aromatic rings. The van der Waals surface area contributed by atoms with E-state index in [1.54, 1.807) is 0 Å². The van der Waals surface area contributed by atoms with Crippen molar-refractivity contribution in [3.8, 4) is 0 Å². The number of benzene rings is 1. The minimum atomic E-state index is 0.214. The van der Waals surface area contributed by atoms with Crippen molar-refractivity contribution in [3.05, 3.63) is 35.9 Å². The van der Waals surface area contributed by atoms with Crippen LogP contribution in [0.15, 0.2) is 35.3 Å². The van der Waals surface area contributed by atoms with Crippen molar-refractivity contribution in [2.24, 2.45) is 4.99 Å². The highest BCUT2D eigenvalue weighted by Crippen LogP contribution is 2.21. The van der Waals surface area contributed by atoms with Gasteiger partial charge in [0.2, 0.25) is 0 Å². The Morgan fingerprint density at radius 3 is 2.67 bits per heavy atom. The van der Waals surface area contributed by atoms with E-state index in [9.17, 15) is 0 Å². The maximum atomic E-state index is 5.27. The van der Waals surface area contributed by atoms with Crippen LogP contribution in [0.5, 0.6) is 0 Å². The summed E-state index contributed by atoms with van der Waals surface area (Å²) in [5.41, 5.74) is 1.23. The maximum Gasteiger partial charge on any atom is 0.180 e. The Labute approximate surface area is 71.9 Å². The van der Waals surface area contributed by atoms with Crippen LogP contribution in [0.4, 0.5) is 0 Å². The molecule has 1 aliphatic heterocycles. The van der Waals surface area contributed by atoms with Crippen molar-refractivity contribution < 1.29 is 4.74 Å². The molecule has 62 valence electrons. The van der Waals surface area contributed by atoms with Gasteiger partial charge in [-0.1, -0.05) is 30.3 Å². The minimum absolute atomic E-state index is 0.214. The molecule has 1 heterocycles. The topological polar surface area (TPSA) is 21.6 Å². The van der Waals surface area contributed by atoms with Gasteiger partial charge in [0.05, 0.1) is 0 Å². The Morgan fingerprint density at radius 2 is 2.08 bits per heavy atom. The van der Waals surface area contributed by atoms with E-state index in [4.69, 9.17) is 4.74 Å². The van der Waals surface area contributed by atoms with Crippen LogP contribution in [0, 0.1) is 0 Å². The third-order valence-corrected chi connectivity index (χ3v) is 1.97. The normalized spacial score (nSPS) is 21.8. The molecule has 2 nitrogen and oxygen atoms in total. The quantitative estimate of drug-likeness (QED) is 0.618. The molecule has 0 aromatic heterocycles. The zero-order valence-corrected chi connectivity index (χ0v) is 7.03. The van der Waals surface area contributed by atoms with E-state index in [2.05, 4.69) is 17.1 Å². The number of nitrogens with zero attached hydrogens (tertiary/aromatic N) is 1. The van der Waals surface area contributed by atoms with Crippen LogP contribution >= 0.6 is 0 Å². The lowest BCUT2D eigenvalue weighted by molar-refractivity contribution is 0.317. The lowest BCUT2D eigenvalue weighted by atomic mass is 10.1. The van der Waals surface area contributed by atoms with Crippen LogP contribution in [0.3, 0.4) is 0 Å². The summed E-state index contributed by atoms with van der Waals surface area (Å²) in [4.78, 5) is 4.35. The molecule has 0 N–H and O–H groups in total. The molecule has 12 heavy (non-hydrogen) atoms. The average molecular weight is 161 g/mol. The monoisotopic (exact) mass is 161 g/mol. The summed E-state index contributed by atoms with van der Waals surface area (Å²) in [6.07, 6.45) is 0. The standard InChI is InChI=1S/C10H11NO/c1-8-11-10(7-12-8)9-5-3-2-4-6-9/h2-6,10H,7H2,1H3/t10-/m1/s1. The first-order valence-electron chi connectivity index (χ1n) is 4.08. The molecule has 0 spiro atoms. The Kier molecular flexibility index (Phi) is 1.82. The van der Waals surface area contributed by atoms with Crippen LogP contribution in [-0.2, 0) is 4.74 Å². The first kappa shape index (κ1) is 7.35. The van der Waals surface area contributed by atoms with Gasteiger partial charge in [-0.15, -0.1) is 0 Å². The van der Waals surface area contributed by atoms with Gasteiger partial charge < -0.3 is 4.74 Å². The highest BCUT2D eigenvalue weighted by atomic mass is 16.5. The van der Waals surface area contributed by atoms with E-state index < -0.39 is 0 Å². The fraction of sp³-hybridized carbons (Fsp3) is 0.300. The summed E-state index contributed by atoms with van der Waals surface area (Å²) in [6, 6.07) is 10.4. The van der Waals surface area contributed by atoms with Gasteiger partial charge in [0.1, 0.15) is 12.6 Å². The zero-order valence-electron chi connectivity index (χ0n) is 7.03. The SMILES string of the molecule is CC1=N[C@@H](c2ccccc2)CO1. The van der Waals surface area contributed by atoms with Gasteiger partial charge in [-0.05, 0) is 5.56 Å². The van der Waals surface area contributed by atoms with E-state index in [1.165, 1.54) is 5.56 Å². The van der Waals surface area contributed by atoms with Gasteiger partial charge in [0.25, 0.3) is 0 Å². The molecule has 0 saturated heterocycles. The summed E-state index contributed by atoms with van der Waals surface area (Å²) in [7, 11) is 0. The van der Waals surface area contributed by atoms with E-state index >= 15 is 0 Å². The van der Waals surface area contributed by atoms with Crippen LogP contribution in [0.25, 0.3) is 0 Å². The van der Waals surface area contributed by atoms with Gasteiger partial charge in [-0.25, -0.2) is 4.99 Å². The van der Waals surface area contributed by atoms with Crippen molar-refractivity contribution in [1.82, 2.24) is 0 Å². The summed E-state index contributed by atoms with van der Waals surface area (Å²) in [6.45, 7) is 2.58. The second kappa shape index (κ2) is 2.97. The summed E-state index contributed by atoms with van der Waals surface area (Å²) >= 11 is 0. The number of hydrogen-bond donors (Lipinski definition) is 0. The molecule has 1 atom stereocenters. The molecule has 0 radical (unpaired) electrons. The van der Waals surface area contributed by atoms with Crippen LogP contribution in [-0.4, -0.2) is 12.5 Å². The van der Waals surface area contributed by atoms with E-state index in [-0.39, 0.29) is 6.04 Å². The number of rotatable bonds is 1. The van der Waals surface area contributed by atoms with Gasteiger partial charge in [0.15, 0.2) is 5.90 Å². The van der Waals surface area contributed by atoms with Crippen molar-refractivity contribution in [1.29, 1.82) is 0 Å². The highest BCUT2D eigenvalue weighted by molar-refractivity contribution is 5.74. The first-order chi connectivity index (χ1) is 5.86.